The van der Waals surface area contributed by atoms with E-state index < -0.39 is 0 Å². The summed E-state index contributed by atoms with van der Waals surface area (Å²) < 4.78 is 13.3. The van der Waals surface area contributed by atoms with Gasteiger partial charge in [0.1, 0.15) is 16.5 Å². The zero-order valence-electron chi connectivity index (χ0n) is 10.5. The fourth-order valence-corrected chi connectivity index (χ4v) is 3.48. The predicted molar refractivity (Wildman–Crippen MR) is 79.9 cm³/mol. The van der Waals surface area contributed by atoms with Gasteiger partial charge < -0.3 is 4.98 Å². The van der Waals surface area contributed by atoms with Crippen LogP contribution in [-0.2, 0) is 5.88 Å². The Labute approximate surface area is 123 Å². The first-order valence-electron chi connectivity index (χ1n) is 5.94. The van der Waals surface area contributed by atoms with Gasteiger partial charge in [0, 0.05) is 4.88 Å². The fraction of sp³-hybridized carbons (Fsp3) is 0.143. The number of nitrogens with zero attached hydrogens (tertiary/aromatic N) is 1. The Kier molecular flexibility index (Phi) is 3.31. The summed E-state index contributed by atoms with van der Waals surface area (Å²) in [5.41, 5.74) is 1.35. The Morgan fingerprint density at radius 3 is 2.95 bits per heavy atom. The van der Waals surface area contributed by atoms with E-state index in [9.17, 15) is 9.18 Å². The van der Waals surface area contributed by atoms with Crippen molar-refractivity contribution in [3.05, 3.63) is 51.8 Å². The van der Waals surface area contributed by atoms with Gasteiger partial charge in [0.05, 0.1) is 11.3 Å². The van der Waals surface area contributed by atoms with E-state index in [1.807, 2.05) is 13.0 Å². The molecule has 6 heteroatoms. The van der Waals surface area contributed by atoms with Gasteiger partial charge >= 0.3 is 0 Å². The number of rotatable bonds is 2. The predicted octanol–water partition coefficient (Wildman–Crippen LogP) is 3.84. The number of alkyl halides is 1. The maximum Gasteiger partial charge on any atom is 0.259 e. The lowest BCUT2D eigenvalue weighted by atomic mass is 10.1. The molecule has 0 bridgehead atoms. The zero-order valence-corrected chi connectivity index (χ0v) is 12.1. The summed E-state index contributed by atoms with van der Waals surface area (Å²) in [5.74, 6) is 0.288. The molecule has 2 aromatic heterocycles. The number of hydrogen-bond acceptors (Lipinski definition) is 3. The second-order valence-corrected chi connectivity index (χ2v) is 5.66. The van der Waals surface area contributed by atoms with Crippen LogP contribution in [0.4, 0.5) is 4.39 Å². The molecule has 0 atom stereocenters. The first-order valence-corrected chi connectivity index (χ1v) is 7.29. The number of nitrogens with one attached hydrogen (secondary N) is 1. The van der Waals surface area contributed by atoms with Gasteiger partial charge in [0.2, 0.25) is 0 Å². The highest BCUT2D eigenvalue weighted by Gasteiger charge is 2.15. The molecule has 3 aromatic rings. The van der Waals surface area contributed by atoms with E-state index in [1.165, 1.54) is 23.5 Å². The van der Waals surface area contributed by atoms with Crippen LogP contribution in [0, 0.1) is 12.7 Å². The van der Waals surface area contributed by atoms with Crippen molar-refractivity contribution >= 4 is 33.2 Å². The highest BCUT2D eigenvalue weighted by molar-refractivity contribution is 7.22. The molecule has 1 N–H and O–H groups in total. The molecule has 20 heavy (non-hydrogen) atoms. The minimum atomic E-state index is -0.303. The molecule has 0 saturated carbocycles. The van der Waals surface area contributed by atoms with Crippen molar-refractivity contribution in [2.75, 3.05) is 0 Å². The van der Waals surface area contributed by atoms with Crippen LogP contribution in [0.3, 0.4) is 0 Å². The van der Waals surface area contributed by atoms with Crippen LogP contribution in [0.1, 0.15) is 11.4 Å². The third-order valence-corrected chi connectivity index (χ3v) is 4.55. The smallest absolute Gasteiger partial charge is 0.259 e. The van der Waals surface area contributed by atoms with Crippen molar-refractivity contribution in [2.24, 2.45) is 0 Å². The third-order valence-electron chi connectivity index (χ3n) is 3.06. The highest BCUT2D eigenvalue weighted by Crippen LogP contribution is 2.35. The lowest BCUT2D eigenvalue weighted by Crippen LogP contribution is -2.10. The summed E-state index contributed by atoms with van der Waals surface area (Å²) in [6.07, 6.45) is 0. The van der Waals surface area contributed by atoms with Gasteiger partial charge in [-0.2, -0.15) is 0 Å². The molecule has 0 aliphatic rings. The molecule has 0 amide bonds. The van der Waals surface area contributed by atoms with E-state index in [1.54, 1.807) is 6.07 Å². The summed E-state index contributed by atoms with van der Waals surface area (Å²) in [6, 6.07) is 6.31. The van der Waals surface area contributed by atoms with Gasteiger partial charge in [-0.05, 0) is 30.2 Å². The molecular weight excluding hydrogens is 299 g/mol. The largest absolute Gasteiger partial charge is 0.309 e. The molecule has 0 aliphatic carbocycles. The molecule has 2 heterocycles. The summed E-state index contributed by atoms with van der Waals surface area (Å²) in [6.45, 7) is 1.84. The Balaban J connectivity index is 2.31. The maximum absolute atomic E-state index is 13.3. The third kappa shape index (κ3) is 2.13. The number of aryl methyl sites for hydroxylation is 1. The molecule has 0 aliphatic heterocycles. The van der Waals surface area contributed by atoms with Crippen LogP contribution in [-0.4, -0.2) is 9.97 Å². The molecule has 0 unspecified atom stereocenters. The number of fused-ring (bicyclic) bond motifs is 1. The van der Waals surface area contributed by atoms with Crippen LogP contribution >= 0.6 is 22.9 Å². The van der Waals surface area contributed by atoms with Crippen molar-refractivity contribution in [2.45, 2.75) is 12.8 Å². The molecule has 0 fully saturated rings. The van der Waals surface area contributed by atoms with Crippen molar-refractivity contribution in [3.8, 4) is 10.4 Å². The summed E-state index contributed by atoms with van der Waals surface area (Å²) in [5, 5.41) is 0.545. The second kappa shape index (κ2) is 5.00. The van der Waals surface area contributed by atoms with E-state index in [2.05, 4.69) is 9.97 Å². The van der Waals surface area contributed by atoms with Gasteiger partial charge in [0.25, 0.3) is 5.56 Å². The monoisotopic (exact) mass is 308 g/mol. The average molecular weight is 309 g/mol. The molecule has 0 radical (unpaired) electrons. The van der Waals surface area contributed by atoms with E-state index in [4.69, 9.17) is 11.6 Å². The fourth-order valence-electron chi connectivity index (χ4n) is 2.16. The summed E-state index contributed by atoms with van der Waals surface area (Å²) in [7, 11) is 0. The molecule has 3 nitrogen and oxygen atoms in total. The normalized spacial score (nSPS) is 11.2. The lowest BCUT2D eigenvalue weighted by Gasteiger charge is -1.99. The molecule has 0 spiro atoms. The van der Waals surface area contributed by atoms with Gasteiger partial charge in [-0.1, -0.05) is 12.1 Å². The van der Waals surface area contributed by atoms with Crippen molar-refractivity contribution < 1.29 is 4.39 Å². The van der Waals surface area contributed by atoms with E-state index in [0.717, 1.165) is 16.0 Å². The standard InChI is InChI=1S/C14H10ClFN2OS/c1-7-11-13(19)17-10(6-15)18-14(11)20-12(7)8-3-2-4-9(16)5-8/h2-5H,6H2,1H3,(H,17,18,19). The van der Waals surface area contributed by atoms with Gasteiger partial charge in [-0.25, -0.2) is 9.37 Å². The number of aromatic nitrogens is 2. The number of thiophene rings is 1. The second-order valence-electron chi connectivity index (χ2n) is 4.39. The Morgan fingerprint density at radius 1 is 1.45 bits per heavy atom. The Hall–Kier alpha value is -1.72. The van der Waals surface area contributed by atoms with E-state index in [0.29, 0.717) is 16.0 Å². The molecule has 0 saturated heterocycles. The first-order chi connectivity index (χ1) is 9.60. The first kappa shape index (κ1) is 13.3. The zero-order chi connectivity index (χ0) is 14.3. The van der Waals surface area contributed by atoms with E-state index in [-0.39, 0.29) is 17.3 Å². The minimum Gasteiger partial charge on any atom is -0.309 e. The van der Waals surface area contributed by atoms with Crippen molar-refractivity contribution in [3.63, 3.8) is 0 Å². The molecular formula is C14H10ClFN2OS. The average Bonchev–Trinajstić information content (AvgIpc) is 2.76. The van der Waals surface area contributed by atoms with Crippen LogP contribution in [0.2, 0.25) is 0 Å². The van der Waals surface area contributed by atoms with Crippen LogP contribution in [0.5, 0.6) is 0 Å². The van der Waals surface area contributed by atoms with Crippen LogP contribution < -0.4 is 5.56 Å². The number of aromatic amines is 1. The number of hydrogen-bond donors (Lipinski definition) is 1. The highest BCUT2D eigenvalue weighted by atomic mass is 35.5. The minimum absolute atomic E-state index is 0.150. The molecule has 1 aromatic carbocycles. The summed E-state index contributed by atoms with van der Waals surface area (Å²) in [4.78, 5) is 20.5. The number of halogens is 2. The lowest BCUT2D eigenvalue weighted by molar-refractivity contribution is 0.628. The molecule has 3 rings (SSSR count). The Bertz CT molecular complexity index is 856. The summed E-state index contributed by atoms with van der Waals surface area (Å²) >= 11 is 7.08. The maximum atomic E-state index is 13.3. The molecule has 102 valence electrons. The quantitative estimate of drug-likeness (QED) is 0.731. The van der Waals surface area contributed by atoms with Crippen molar-refractivity contribution in [1.29, 1.82) is 0 Å². The van der Waals surface area contributed by atoms with E-state index >= 15 is 0 Å². The van der Waals surface area contributed by atoms with Gasteiger partial charge in [-0.3, -0.25) is 4.79 Å². The van der Waals surface area contributed by atoms with Gasteiger partial charge in [-0.15, -0.1) is 22.9 Å². The number of H-pyrrole nitrogens is 1. The SMILES string of the molecule is Cc1c(-c2cccc(F)c2)sc2nc(CCl)[nH]c(=O)c12. The van der Waals surface area contributed by atoms with Gasteiger partial charge in [0.15, 0.2) is 0 Å². The van der Waals surface area contributed by atoms with Crippen LogP contribution in [0.15, 0.2) is 29.1 Å². The number of benzene rings is 1. The van der Waals surface area contributed by atoms with Crippen molar-refractivity contribution in [1.82, 2.24) is 9.97 Å². The Morgan fingerprint density at radius 2 is 2.25 bits per heavy atom. The van der Waals surface area contributed by atoms with Crippen LogP contribution in [0.25, 0.3) is 20.7 Å². The topological polar surface area (TPSA) is 45.8 Å².